The third kappa shape index (κ3) is 5.20. The van der Waals surface area contributed by atoms with Crippen LogP contribution in [0.3, 0.4) is 0 Å². The van der Waals surface area contributed by atoms with Crippen molar-refractivity contribution >= 4 is 34.6 Å². The van der Waals surface area contributed by atoms with Crippen molar-refractivity contribution in [3.8, 4) is 10.4 Å². The number of aliphatic hydroxyl groups is 1. The van der Waals surface area contributed by atoms with Crippen molar-refractivity contribution in [1.82, 2.24) is 9.88 Å². The summed E-state index contributed by atoms with van der Waals surface area (Å²) in [6.07, 6.45) is -3.21. The number of aromatic nitrogens is 1. The van der Waals surface area contributed by atoms with E-state index < -0.39 is 36.1 Å². The van der Waals surface area contributed by atoms with Gasteiger partial charge in [0.25, 0.3) is 5.91 Å². The third-order valence-corrected chi connectivity index (χ3v) is 9.14. The second kappa shape index (κ2) is 11.2. The predicted molar refractivity (Wildman–Crippen MR) is 153 cm³/mol. The fourth-order valence-electron chi connectivity index (χ4n) is 6.18. The zero-order valence-electron chi connectivity index (χ0n) is 23.1. The monoisotopic (exact) mass is 563 g/mol. The highest BCUT2D eigenvalue weighted by Crippen LogP contribution is 2.40. The average Bonchev–Trinajstić information content (AvgIpc) is 3.56. The molecule has 2 heterocycles. The van der Waals surface area contributed by atoms with Gasteiger partial charge in [-0.05, 0) is 67.0 Å². The quantitative estimate of drug-likeness (QED) is 0.386. The molecule has 1 saturated carbocycles. The number of rotatable bonds is 8. The molecule has 0 saturated heterocycles. The van der Waals surface area contributed by atoms with Gasteiger partial charge in [-0.25, -0.2) is 9.37 Å². The molecule has 0 bridgehead atoms. The predicted octanol–water partition coefficient (Wildman–Crippen LogP) is 5.34. The molecule has 2 aromatic carbocycles. The van der Waals surface area contributed by atoms with E-state index in [1.54, 1.807) is 28.6 Å². The average molecular weight is 564 g/mol. The lowest BCUT2D eigenvalue weighted by molar-refractivity contribution is -0.127. The minimum absolute atomic E-state index is 0.00650. The number of carbonyl (C=O) groups excluding carboxylic acids is 3. The zero-order chi connectivity index (χ0) is 28.7. The van der Waals surface area contributed by atoms with Crippen molar-refractivity contribution in [2.75, 3.05) is 5.32 Å². The smallest absolute Gasteiger partial charge is 0.255 e. The number of thiazole rings is 1. The number of Topliss-reactive ketones (excluding diaryl/α,β-unsaturated/α-hetero) is 1. The fourth-order valence-corrected chi connectivity index (χ4v) is 6.98. The van der Waals surface area contributed by atoms with Gasteiger partial charge in [0.2, 0.25) is 5.91 Å². The Morgan fingerprint density at radius 2 is 1.95 bits per heavy atom. The van der Waals surface area contributed by atoms with Gasteiger partial charge in [-0.1, -0.05) is 38.1 Å². The van der Waals surface area contributed by atoms with Crippen molar-refractivity contribution in [3.63, 3.8) is 0 Å². The molecule has 0 radical (unpaired) electrons. The maximum absolute atomic E-state index is 15.2. The second-order valence-corrected chi connectivity index (χ2v) is 12.1. The number of amides is 2. The molecule has 5 atom stereocenters. The van der Waals surface area contributed by atoms with Crippen LogP contribution in [-0.4, -0.2) is 50.9 Å². The molecule has 2 amide bonds. The molecular formula is C31H34FN3O4S. The van der Waals surface area contributed by atoms with Crippen LogP contribution < -0.4 is 5.32 Å². The summed E-state index contributed by atoms with van der Waals surface area (Å²) < 4.78 is 15.2. The van der Waals surface area contributed by atoms with Crippen molar-refractivity contribution in [3.05, 3.63) is 70.4 Å². The molecule has 9 heteroatoms. The summed E-state index contributed by atoms with van der Waals surface area (Å²) >= 11 is 1.54. The van der Waals surface area contributed by atoms with Gasteiger partial charge in [-0.15, -0.1) is 11.3 Å². The molecule has 0 spiro atoms. The van der Waals surface area contributed by atoms with E-state index in [1.165, 1.54) is 11.3 Å². The summed E-state index contributed by atoms with van der Waals surface area (Å²) in [4.78, 5) is 47.1. The number of alkyl halides is 1. The van der Waals surface area contributed by atoms with Crippen LogP contribution >= 0.6 is 11.3 Å². The topological polar surface area (TPSA) is 99.6 Å². The zero-order valence-corrected chi connectivity index (χ0v) is 23.9. The highest BCUT2D eigenvalue weighted by molar-refractivity contribution is 7.13. The summed E-state index contributed by atoms with van der Waals surface area (Å²) in [6, 6.07) is 12.2. The lowest BCUT2D eigenvalue weighted by atomic mass is 9.85. The summed E-state index contributed by atoms with van der Waals surface area (Å²) in [5.41, 5.74) is 6.51. The Kier molecular flexibility index (Phi) is 7.88. The molecule has 2 unspecified atom stereocenters. The highest BCUT2D eigenvalue weighted by Gasteiger charge is 2.49. The minimum Gasteiger partial charge on any atom is -0.390 e. The number of hydrogen-bond acceptors (Lipinski definition) is 6. The maximum Gasteiger partial charge on any atom is 0.255 e. The van der Waals surface area contributed by atoms with Crippen LogP contribution in [0.4, 0.5) is 10.1 Å². The number of hydrogen-bond donors (Lipinski definition) is 2. The van der Waals surface area contributed by atoms with Gasteiger partial charge in [-0.3, -0.25) is 14.4 Å². The van der Waals surface area contributed by atoms with Gasteiger partial charge >= 0.3 is 0 Å². The van der Waals surface area contributed by atoms with Gasteiger partial charge in [0.05, 0.1) is 34.1 Å². The number of ketones is 1. The molecule has 40 heavy (non-hydrogen) atoms. The number of aliphatic hydroxyl groups excluding tert-OH is 1. The van der Waals surface area contributed by atoms with Crippen molar-refractivity contribution < 1.29 is 23.9 Å². The van der Waals surface area contributed by atoms with Gasteiger partial charge < -0.3 is 15.3 Å². The van der Waals surface area contributed by atoms with Crippen molar-refractivity contribution in [2.45, 2.75) is 65.4 Å². The Bertz CT molecular complexity index is 1450. The van der Waals surface area contributed by atoms with Crippen molar-refractivity contribution in [2.24, 2.45) is 17.8 Å². The molecule has 3 aromatic rings. The second-order valence-electron chi connectivity index (χ2n) is 11.3. The van der Waals surface area contributed by atoms with E-state index >= 15 is 4.39 Å². The van der Waals surface area contributed by atoms with E-state index in [-0.39, 0.29) is 30.4 Å². The summed E-state index contributed by atoms with van der Waals surface area (Å²) in [6.45, 7) is 7.90. The Hall–Kier alpha value is -3.43. The number of benzene rings is 2. The number of fused-ring (bicyclic) bond motifs is 1. The summed E-state index contributed by atoms with van der Waals surface area (Å²) in [5.74, 6) is -3.01. The normalized spacial score (nSPS) is 23.0. The van der Waals surface area contributed by atoms with E-state index in [2.05, 4.69) is 10.3 Å². The van der Waals surface area contributed by atoms with Crippen LogP contribution in [0.2, 0.25) is 0 Å². The molecule has 5 rings (SSSR count). The number of carbonyl (C=O) groups is 3. The van der Waals surface area contributed by atoms with Crippen LogP contribution in [0.25, 0.3) is 10.4 Å². The van der Waals surface area contributed by atoms with E-state index in [4.69, 9.17) is 0 Å². The largest absolute Gasteiger partial charge is 0.390 e. The molecule has 1 fully saturated rings. The Morgan fingerprint density at radius 1 is 1.20 bits per heavy atom. The molecule has 2 N–H and O–H groups in total. The number of aryl methyl sites for hydroxylation is 2. The molecule has 1 aliphatic heterocycles. The van der Waals surface area contributed by atoms with Crippen LogP contribution in [-0.2, 0) is 16.1 Å². The Morgan fingerprint density at radius 3 is 2.60 bits per heavy atom. The van der Waals surface area contributed by atoms with Gasteiger partial charge in [0.15, 0.2) is 5.78 Å². The fraction of sp³-hybridized carbons (Fsp3) is 0.419. The molecule has 1 aromatic heterocycles. The summed E-state index contributed by atoms with van der Waals surface area (Å²) in [7, 11) is 0. The molecule has 7 nitrogen and oxygen atoms in total. The van der Waals surface area contributed by atoms with Crippen LogP contribution in [0, 0.1) is 31.6 Å². The maximum atomic E-state index is 15.2. The van der Waals surface area contributed by atoms with E-state index in [0.29, 0.717) is 17.8 Å². The molecular weight excluding hydrogens is 529 g/mol. The first kappa shape index (κ1) is 28.1. The third-order valence-electron chi connectivity index (χ3n) is 8.17. The Labute approximate surface area is 237 Å². The van der Waals surface area contributed by atoms with Crippen molar-refractivity contribution in [1.29, 1.82) is 0 Å². The lowest BCUT2D eigenvalue weighted by Crippen LogP contribution is -2.46. The first-order valence-corrected chi connectivity index (χ1v) is 14.5. The first-order valence-electron chi connectivity index (χ1n) is 13.6. The minimum atomic E-state index is -1.78. The van der Waals surface area contributed by atoms with Gasteiger partial charge in [0, 0.05) is 24.2 Å². The number of nitrogens with one attached hydrogen (secondary N) is 1. The standard InChI is InChI=1S/C31H34FN3O4S/c1-16(2)28(35-14-20-7-5-6-8-22(20)31(35)39)25(37)13-21-12-24(36)27(32)26(21)30(38)34-23-10-9-19(11-17(23)3)29-18(4)33-15-40-29/h5-11,15-16,21,24,26-28,36H,12-14H2,1-4H3,(H,34,38)/t21?,24-,26?,27-,28-/m0/s1. The molecule has 2 aliphatic rings. The number of halogens is 1. The Balaban J connectivity index is 1.32. The van der Waals surface area contributed by atoms with E-state index in [9.17, 15) is 19.5 Å². The first-order chi connectivity index (χ1) is 19.1. The molecule has 210 valence electrons. The van der Waals surface area contributed by atoms with Crippen LogP contribution in [0.5, 0.6) is 0 Å². The van der Waals surface area contributed by atoms with E-state index in [0.717, 1.165) is 27.3 Å². The van der Waals surface area contributed by atoms with Gasteiger partial charge in [0.1, 0.15) is 6.17 Å². The lowest BCUT2D eigenvalue weighted by Gasteiger charge is -2.31. The van der Waals surface area contributed by atoms with E-state index in [1.807, 2.05) is 52.0 Å². The SMILES string of the molecule is Cc1cc(-c2scnc2C)ccc1NC(=O)C1C(CC(=O)[C@H](C(C)C)N2Cc3ccccc3C2=O)C[C@H](O)[C@@H]1F. The highest BCUT2D eigenvalue weighted by atomic mass is 32.1. The number of anilines is 1. The summed E-state index contributed by atoms with van der Waals surface area (Å²) in [5, 5.41) is 13.2. The molecule has 1 aliphatic carbocycles. The van der Waals surface area contributed by atoms with Crippen LogP contribution in [0.15, 0.2) is 48.0 Å². The number of nitrogens with zero attached hydrogens (tertiary/aromatic N) is 2. The van der Waals surface area contributed by atoms with Gasteiger partial charge in [-0.2, -0.15) is 0 Å². The van der Waals surface area contributed by atoms with Crippen LogP contribution in [0.1, 0.15) is 53.9 Å².